The summed E-state index contributed by atoms with van der Waals surface area (Å²) in [6, 6.07) is 8.34. The van der Waals surface area contributed by atoms with Crippen molar-refractivity contribution in [3.63, 3.8) is 0 Å². The fourth-order valence-electron chi connectivity index (χ4n) is 2.51. The molecule has 4 nitrogen and oxygen atoms in total. The van der Waals surface area contributed by atoms with Crippen LogP contribution in [0.3, 0.4) is 0 Å². The molecule has 0 radical (unpaired) electrons. The molecule has 22 heavy (non-hydrogen) atoms. The Balaban J connectivity index is 0.00000441. The Kier molecular flexibility index (Phi) is 12.6. The van der Waals surface area contributed by atoms with Crippen molar-refractivity contribution in [2.45, 2.75) is 70.8 Å². The van der Waals surface area contributed by atoms with E-state index >= 15 is 0 Å². The molecule has 0 heterocycles. The van der Waals surface area contributed by atoms with Gasteiger partial charge in [-0.05, 0) is 35.6 Å². The highest BCUT2D eigenvalue weighted by molar-refractivity contribution is 5.22. The van der Waals surface area contributed by atoms with E-state index in [4.69, 9.17) is 5.11 Å². The Bertz CT molecular complexity index is 378. The van der Waals surface area contributed by atoms with Gasteiger partial charge >= 0.3 is 0 Å². The molecule has 1 aromatic rings. The summed E-state index contributed by atoms with van der Waals surface area (Å²) in [6.07, 6.45) is 10.7. The summed E-state index contributed by atoms with van der Waals surface area (Å²) in [4.78, 5) is 10.5. The topological polar surface area (TPSA) is 81.3 Å². The Morgan fingerprint density at radius 3 is 2.05 bits per heavy atom. The van der Waals surface area contributed by atoms with Crippen LogP contribution in [-0.2, 0) is 12.8 Å². The molecule has 4 heteroatoms. The van der Waals surface area contributed by atoms with Crippen LogP contribution in [0, 0.1) is 4.91 Å². The first-order valence-corrected chi connectivity index (χ1v) is 8.36. The number of aliphatic hydroxyl groups is 1. The van der Waals surface area contributed by atoms with E-state index in [0.717, 1.165) is 12.8 Å². The van der Waals surface area contributed by atoms with Gasteiger partial charge in [0.15, 0.2) is 0 Å². The summed E-state index contributed by atoms with van der Waals surface area (Å²) in [5.74, 6) is 0. The molecule has 1 rings (SSSR count). The number of aryl methyl sites for hydroxylation is 2. The molecule has 0 saturated carbocycles. The second kappa shape index (κ2) is 13.4. The van der Waals surface area contributed by atoms with Crippen molar-refractivity contribution < 1.29 is 15.8 Å². The van der Waals surface area contributed by atoms with E-state index in [1.54, 1.807) is 0 Å². The maximum Gasteiger partial charge on any atom is 0.221 e. The van der Waals surface area contributed by atoms with E-state index in [9.17, 15) is 4.91 Å². The second-order valence-electron chi connectivity index (χ2n) is 5.87. The van der Waals surface area contributed by atoms with Crippen LogP contribution in [0.2, 0.25) is 0 Å². The first kappa shape index (κ1) is 20.7. The summed E-state index contributed by atoms with van der Waals surface area (Å²) >= 11 is 0. The first-order valence-electron chi connectivity index (χ1n) is 8.36. The number of unbranched alkanes of at least 4 members (excludes halogenated alkanes) is 5. The summed E-state index contributed by atoms with van der Waals surface area (Å²) in [5.41, 5.74) is 2.63. The summed E-state index contributed by atoms with van der Waals surface area (Å²) in [6.45, 7) is 2.15. The summed E-state index contributed by atoms with van der Waals surface area (Å²) in [5, 5.41) is 10.8. The van der Waals surface area contributed by atoms with E-state index in [2.05, 4.69) is 31.2 Å². The number of nitroso groups, excluding NO2 is 1. The van der Waals surface area contributed by atoms with Crippen molar-refractivity contribution in [2.75, 3.05) is 6.61 Å². The minimum absolute atomic E-state index is 0. The van der Waals surface area contributed by atoms with Crippen LogP contribution in [0.1, 0.15) is 63.0 Å². The van der Waals surface area contributed by atoms with Gasteiger partial charge in [-0.1, -0.05) is 63.3 Å². The van der Waals surface area contributed by atoms with Crippen molar-refractivity contribution in [3.05, 3.63) is 40.3 Å². The first-order chi connectivity index (χ1) is 10.3. The monoisotopic (exact) mass is 309 g/mol. The number of aliphatic hydroxyl groups excluding tert-OH is 1. The average molecular weight is 309 g/mol. The zero-order chi connectivity index (χ0) is 15.3. The molecule has 0 aliphatic carbocycles. The van der Waals surface area contributed by atoms with Gasteiger partial charge in [0.2, 0.25) is 6.04 Å². The smallest absolute Gasteiger partial charge is 0.221 e. The van der Waals surface area contributed by atoms with Gasteiger partial charge in [-0.2, -0.15) is 0 Å². The minimum Gasteiger partial charge on any atom is -0.870 e. The lowest BCUT2D eigenvalue weighted by Gasteiger charge is -2.05. The third kappa shape index (κ3) is 8.90. The summed E-state index contributed by atoms with van der Waals surface area (Å²) in [7, 11) is 0. The van der Waals surface area contributed by atoms with Crippen LogP contribution in [-0.4, -0.2) is 23.2 Å². The van der Waals surface area contributed by atoms with Crippen LogP contribution in [0.15, 0.2) is 24.3 Å². The second-order valence-corrected chi connectivity index (χ2v) is 5.87. The van der Waals surface area contributed by atoms with Crippen LogP contribution >= 0.6 is 0 Å². The molecule has 0 aromatic heterocycles. The molecule has 0 spiro atoms. The Hall–Kier alpha value is -1.26. The fourth-order valence-corrected chi connectivity index (χ4v) is 2.51. The van der Waals surface area contributed by atoms with Crippen molar-refractivity contribution in [2.24, 2.45) is 0 Å². The van der Waals surface area contributed by atoms with Gasteiger partial charge in [-0.25, -0.2) is 0 Å². The third-order valence-electron chi connectivity index (χ3n) is 4.01. The van der Waals surface area contributed by atoms with Gasteiger partial charge in [0, 0.05) is 11.3 Å². The van der Waals surface area contributed by atoms with E-state index < -0.39 is 0 Å². The molecule has 0 saturated heterocycles. The zero-order valence-electron chi connectivity index (χ0n) is 13.8. The Labute approximate surface area is 134 Å². The van der Waals surface area contributed by atoms with Crippen molar-refractivity contribution in [1.29, 1.82) is 0 Å². The van der Waals surface area contributed by atoms with Crippen molar-refractivity contribution in [1.82, 2.24) is 0 Å². The molecule has 0 aliphatic rings. The predicted molar refractivity (Wildman–Crippen MR) is 89.0 cm³/mol. The quantitative estimate of drug-likeness (QED) is 0.582. The Morgan fingerprint density at radius 1 is 0.955 bits per heavy atom. The molecule has 126 valence electrons. The van der Waals surface area contributed by atoms with Gasteiger partial charge < -0.3 is 10.6 Å². The maximum atomic E-state index is 10.5. The lowest BCUT2D eigenvalue weighted by Crippen LogP contribution is -2.74. The molecule has 1 unspecified atom stereocenters. The van der Waals surface area contributed by atoms with Crippen molar-refractivity contribution in [3.8, 4) is 0 Å². The molecule has 0 aliphatic heterocycles. The molecule has 1 atom stereocenters. The molecule has 0 amide bonds. The molecule has 0 bridgehead atoms. The number of rotatable bonds is 12. The van der Waals surface area contributed by atoms with Gasteiger partial charge in [-0.3, -0.25) is 0 Å². The number of hydrogen-bond donors (Lipinski definition) is 2. The maximum absolute atomic E-state index is 10.5. The van der Waals surface area contributed by atoms with E-state index in [0.29, 0.717) is 6.42 Å². The Morgan fingerprint density at radius 2 is 1.50 bits per heavy atom. The molecule has 0 fully saturated rings. The van der Waals surface area contributed by atoms with Gasteiger partial charge in [-0.15, -0.1) is 0 Å². The van der Waals surface area contributed by atoms with Gasteiger partial charge in [0.1, 0.15) is 6.61 Å². The molecule has 1 aromatic carbocycles. The normalized spacial score (nSPS) is 11.7. The van der Waals surface area contributed by atoms with Crippen LogP contribution < -0.4 is 5.18 Å². The van der Waals surface area contributed by atoms with Crippen molar-refractivity contribution >= 4 is 0 Å². The number of hydrogen-bond acceptors (Lipinski definition) is 3. The summed E-state index contributed by atoms with van der Waals surface area (Å²) < 4.78 is 0. The lowest BCUT2D eigenvalue weighted by molar-refractivity contribution is -0.529. The molecule has 3 N–H and O–H groups in total. The zero-order valence-corrected chi connectivity index (χ0v) is 13.8. The van der Waals surface area contributed by atoms with Crippen LogP contribution in [0.25, 0.3) is 0 Å². The SMILES string of the molecule is CCCCCCCCc1ccc(CCC(CO)[NH+]=O)cc1.[OH-]. The van der Waals surface area contributed by atoms with E-state index in [1.807, 2.05) is 5.18 Å². The van der Waals surface area contributed by atoms with E-state index in [1.165, 1.54) is 49.7 Å². The number of benzene rings is 1. The van der Waals surface area contributed by atoms with Gasteiger partial charge in [0.05, 0.1) is 0 Å². The fraction of sp³-hybridized carbons (Fsp3) is 0.667. The third-order valence-corrected chi connectivity index (χ3v) is 4.01. The average Bonchev–Trinajstić information content (AvgIpc) is 2.53. The van der Waals surface area contributed by atoms with Crippen LogP contribution in [0.5, 0.6) is 0 Å². The number of nitrogens with one attached hydrogen (secondary N) is 1. The predicted octanol–water partition coefficient (Wildman–Crippen LogP) is 2.55. The van der Waals surface area contributed by atoms with E-state index in [-0.39, 0.29) is 18.1 Å². The highest BCUT2D eigenvalue weighted by Gasteiger charge is 2.12. The van der Waals surface area contributed by atoms with Crippen LogP contribution in [0.4, 0.5) is 0 Å². The minimum atomic E-state index is -0.340. The van der Waals surface area contributed by atoms with Gasteiger partial charge in [0.25, 0.3) is 0 Å². The highest BCUT2D eigenvalue weighted by atomic mass is 16.3. The standard InChI is InChI=1S/C18H29NO2.H2O/c1-2-3-4-5-6-7-8-16-9-11-17(12-10-16)13-14-18(15-20)19-21;/h9-12,18,20H,2-8,13-15H2,1H3;1H2. The molecular weight excluding hydrogens is 278 g/mol. The highest BCUT2D eigenvalue weighted by Crippen LogP contribution is 2.12. The lowest BCUT2D eigenvalue weighted by atomic mass is 10.0. The largest absolute Gasteiger partial charge is 0.870 e. The molecular formula is C18H31NO3.